The summed E-state index contributed by atoms with van der Waals surface area (Å²) < 4.78 is 27.4. The maximum Gasteiger partial charge on any atom is 0.130 e. The second-order valence-corrected chi connectivity index (χ2v) is 5.27. The lowest BCUT2D eigenvalue weighted by molar-refractivity contribution is 0.316. The lowest BCUT2D eigenvalue weighted by Crippen LogP contribution is -2.24. The normalized spacial score (nSPS) is 20.2. The molecule has 18 heavy (non-hydrogen) atoms. The highest BCUT2D eigenvalue weighted by atomic mass is 19.1. The predicted molar refractivity (Wildman–Crippen MR) is 69.1 cm³/mol. The summed E-state index contributed by atoms with van der Waals surface area (Å²) in [6, 6.07) is 3.46. The highest BCUT2D eigenvalue weighted by molar-refractivity contribution is 5.23. The SMILES string of the molecule is NC(c1c(F)cccc1F)C1CCCCCCC1. The van der Waals surface area contributed by atoms with Crippen LogP contribution in [0.1, 0.15) is 56.6 Å². The first-order chi connectivity index (χ1) is 8.70. The smallest absolute Gasteiger partial charge is 0.130 e. The second-order valence-electron chi connectivity index (χ2n) is 5.27. The van der Waals surface area contributed by atoms with Gasteiger partial charge >= 0.3 is 0 Å². The van der Waals surface area contributed by atoms with Crippen LogP contribution in [0.5, 0.6) is 0 Å². The van der Waals surface area contributed by atoms with Gasteiger partial charge in [0.15, 0.2) is 0 Å². The Balaban J connectivity index is 2.15. The van der Waals surface area contributed by atoms with Crippen molar-refractivity contribution in [3.8, 4) is 0 Å². The van der Waals surface area contributed by atoms with E-state index in [0.29, 0.717) is 0 Å². The zero-order valence-electron chi connectivity index (χ0n) is 10.7. The van der Waals surface area contributed by atoms with E-state index >= 15 is 0 Å². The Morgan fingerprint density at radius 2 is 1.44 bits per heavy atom. The van der Waals surface area contributed by atoms with E-state index in [0.717, 1.165) is 25.7 Å². The van der Waals surface area contributed by atoms with Crippen LogP contribution in [0.2, 0.25) is 0 Å². The predicted octanol–water partition coefficient (Wildman–Crippen LogP) is 4.33. The van der Waals surface area contributed by atoms with Crippen molar-refractivity contribution in [1.82, 2.24) is 0 Å². The molecule has 1 unspecified atom stereocenters. The van der Waals surface area contributed by atoms with Gasteiger partial charge in [0.05, 0.1) is 0 Å². The van der Waals surface area contributed by atoms with Crippen LogP contribution in [-0.4, -0.2) is 0 Å². The standard InChI is InChI=1S/C15H21F2N/c16-12-9-6-10-13(17)14(12)15(18)11-7-4-2-1-3-5-8-11/h6,9-11,15H,1-5,7-8,18H2. The average Bonchev–Trinajstić information content (AvgIpc) is 2.27. The highest BCUT2D eigenvalue weighted by Gasteiger charge is 2.25. The van der Waals surface area contributed by atoms with Crippen molar-refractivity contribution in [2.24, 2.45) is 11.7 Å². The van der Waals surface area contributed by atoms with Crippen molar-refractivity contribution >= 4 is 0 Å². The fraction of sp³-hybridized carbons (Fsp3) is 0.600. The zero-order valence-corrected chi connectivity index (χ0v) is 10.7. The van der Waals surface area contributed by atoms with Crippen molar-refractivity contribution in [2.45, 2.75) is 51.0 Å². The number of benzene rings is 1. The Labute approximate surface area is 107 Å². The molecule has 0 aliphatic heterocycles. The Morgan fingerprint density at radius 3 is 2.00 bits per heavy atom. The molecule has 1 fully saturated rings. The van der Waals surface area contributed by atoms with Gasteiger partial charge in [-0.05, 0) is 30.9 Å². The molecule has 1 aromatic rings. The molecule has 0 saturated heterocycles. The van der Waals surface area contributed by atoms with Crippen molar-refractivity contribution in [3.05, 3.63) is 35.4 Å². The first-order valence-corrected chi connectivity index (χ1v) is 6.89. The van der Waals surface area contributed by atoms with Gasteiger partial charge in [-0.2, -0.15) is 0 Å². The molecular weight excluding hydrogens is 232 g/mol. The molecule has 1 aromatic carbocycles. The van der Waals surface area contributed by atoms with Crippen molar-refractivity contribution in [3.63, 3.8) is 0 Å². The van der Waals surface area contributed by atoms with Crippen molar-refractivity contribution in [2.75, 3.05) is 0 Å². The quantitative estimate of drug-likeness (QED) is 0.834. The van der Waals surface area contributed by atoms with Gasteiger partial charge in [-0.3, -0.25) is 0 Å². The van der Waals surface area contributed by atoms with E-state index in [9.17, 15) is 8.78 Å². The topological polar surface area (TPSA) is 26.0 Å². The minimum atomic E-state index is -0.510. The maximum atomic E-state index is 13.7. The van der Waals surface area contributed by atoms with Crippen molar-refractivity contribution in [1.29, 1.82) is 0 Å². The second kappa shape index (κ2) is 6.28. The first-order valence-electron chi connectivity index (χ1n) is 6.89. The van der Waals surface area contributed by atoms with E-state index < -0.39 is 17.7 Å². The third-order valence-electron chi connectivity index (χ3n) is 3.99. The first kappa shape index (κ1) is 13.5. The summed E-state index contributed by atoms with van der Waals surface area (Å²) in [4.78, 5) is 0. The average molecular weight is 253 g/mol. The molecular formula is C15H21F2N. The molecule has 2 N–H and O–H groups in total. The summed E-state index contributed by atoms with van der Waals surface area (Å²) in [5, 5.41) is 0. The Morgan fingerprint density at radius 1 is 0.944 bits per heavy atom. The minimum Gasteiger partial charge on any atom is -0.324 e. The molecule has 0 spiro atoms. The molecule has 0 aromatic heterocycles. The van der Waals surface area contributed by atoms with Gasteiger partial charge in [-0.1, -0.05) is 38.2 Å². The molecule has 0 bridgehead atoms. The number of halogens is 2. The third-order valence-corrected chi connectivity index (χ3v) is 3.99. The lowest BCUT2D eigenvalue weighted by Gasteiger charge is -2.26. The van der Waals surface area contributed by atoms with Crippen LogP contribution in [0, 0.1) is 17.6 Å². The monoisotopic (exact) mass is 253 g/mol. The largest absolute Gasteiger partial charge is 0.324 e. The van der Waals surface area contributed by atoms with Gasteiger partial charge in [0.2, 0.25) is 0 Å². The zero-order chi connectivity index (χ0) is 13.0. The van der Waals surface area contributed by atoms with Gasteiger partial charge < -0.3 is 5.73 Å². The molecule has 1 atom stereocenters. The number of rotatable bonds is 2. The summed E-state index contributed by atoms with van der Waals surface area (Å²) in [6.07, 6.45) is 7.90. The van der Waals surface area contributed by atoms with Gasteiger partial charge in [-0.15, -0.1) is 0 Å². The summed E-state index contributed by atoms with van der Waals surface area (Å²) in [5.74, 6) is -0.814. The highest BCUT2D eigenvalue weighted by Crippen LogP contribution is 2.33. The fourth-order valence-electron chi connectivity index (χ4n) is 2.91. The van der Waals surface area contributed by atoms with Crippen LogP contribution < -0.4 is 5.73 Å². The Bertz CT molecular complexity index is 364. The van der Waals surface area contributed by atoms with E-state index in [2.05, 4.69) is 0 Å². The molecule has 1 aliphatic rings. The number of nitrogens with two attached hydrogens (primary N) is 1. The van der Waals surface area contributed by atoms with E-state index in [1.165, 1.54) is 37.5 Å². The van der Waals surface area contributed by atoms with Gasteiger partial charge in [-0.25, -0.2) is 8.78 Å². The summed E-state index contributed by atoms with van der Waals surface area (Å²) in [6.45, 7) is 0. The minimum absolute atomic E-state index is 0.0723. The molecule has 0 radical (unpaired) electrons. The maximum absolute atomic E-state index is 13.7. The molecule has 1 aliphatic carbocycles. The van der Waals surface area contributed by atoms with E-state index in [4.69, 9.17) is 5.73 Å². The van der Waals surface area contributed by atoms with Crippen LogP contribution in [0.15, 0.2) is 18.2 Å². The molecule has 1 nitrogen and oxygen atoms in total. The lowest BCUT2D eigenvalue weighted by atomic mass is 9.83. The number of hydrogen-bond donors (Lipinski definition) is 1. The van der Waals surface area contributed by atoms with Crippen LogP contribution in [0.25, 0.3) is 0 Å². The molecule has 1 saturated carbocycles. The van der Waals surface area contributed by atoms with Crippen LogP contribution >= 0.6 is 0 Å². The summed E-state index contributed by atoms with van der Waals surface area (Å²) in [5.41, 5.74) is 6.18. The Hall–Kier alpha value is -0.960. The van der Waals surface area contributed by atoms with E-state index in [1.54, 1.807) is 0 Å². The van der Waals surface area contributed by atoms with Gasteiger partial charge in [0.25, 0.3) is 0 Å². The van der Waals surface area contributed by atoms with Crippen molar-refractivity contribution < 1.29 is 8.78 Å². The van der Waals surface area contributed by atoms with Gasteiger partial charge in [0.1, 0.15) is 11.6 Å². The van der Waals surface area contributed by atoms with E-state index in [-0.39, 0.29) is 11.5 Å². The summed E-state index contributed by atoms with van der Waals surface area (Å²) >= 11 is 0. The number of hydrogen-bond acceptors (Lipinski definition) is 1. The fourth-order valence-corrected chi connectivity index (χ4v) is 2.91. The molecule has 2 rings (SSSR count). The molecule has 100 valence electrons. The molecule has 0 heterocycles. The van der Waals surface area contributed by atoms with Crippen LogP contribution in [-0.2, 0) is 0 Å². The van der Waals surface area contributed by atoms with Crippen LogP contribution in [0.4, 0.5) is 8.78 Å². The van der Waals surface area contributed by atoms with Gasteiger partial charge in [0, 0.05) is 11.6 Å². The molecule has 0 amide bonds. The third kappa shape index (κ3) is 3.08. The Kier molecular flexibility index (Phi) is 4.70. The summed E-state index contributed by atoms with van der Waals surface area (Å²) in [7, 11) is 0. The van der Waals surface area contributed by atoms with E-state index in [1.807, 2.05) is 0 Å². The van der Waals surface area contributed by atoms with Crippen LogP contribution in [0.3, 0.4) is 0 Å². The molecule has 3 heteroatoms.